The van der Waals surface area contributed by atoms with Crippen LogP contribution in [0.15, 0.2) is 18.2 Å². The normalized spacial score (nSPS) is 14.1. The number of carbonyl (C=O) groups is 2. The van der Waals surface area contributed by atoms with Gasteiger partial charge in [0.15, 0.2) is 5.13 Å². The number of likely N-dealkylation sites (N-methyl/N-ethyl adjacent to an activating group) is 1. The van der Waals surface area contributed by atoms with Crippen molar-refractivity contribution in [1.29, 1.82) is 0 Å². The minimum Gasteiger partial charge on any atom is -0.506 e. The molecule has 0 unspecified atom stereocenters. The highest BCUT2D eigenvalue weighted by Crippen LogP contribution is 2.28. The third-order valence-electron chi connectivity index (χ3n) is 3.75. The Morgan fingerprint density at radius 1 is 1.29 bits per heavy atom. The fraction of sp³-hybridized carbons (Fsp3) is 0.312. The van der Waals surface area contributed by atoms with Gasteiger partial charge in [0.05, 0.1) is 11.4 Å². The SMILES string of the molecule is Cc1ccc(NC(=O)C(=O)Nc2nc3c(s2)CN(C)CC3)c(O)c1. The van der Waals surface area contributed by atoms with E-state index in [4.69, 9.17) is 0 Å². The van der Waals surface area contributed by atoms with Crippen molar-refractivity contribution in [2.75, 3.05) is 24.2 Å². The molecule has 0 aliphatic carbocycles. The van der Waals surface area contributed by atoms with Crippen LogP contribution in [-0.4, -0.2) is 40.4 Å². The standard InChI is InChI=1S/C16H18N4O3S/c1-9-3-4-10(12(21)7-9)17-14(22)15(23)19-16-18-11-5-6-20(2)8-13(11)24-16/h3-4,7,21H,5-6,8H2,1-2H3,(H,17,22)(H,18,19,23). The molecular formula is C16H18N4O3S. The van der Waals surface area contributed by atoms with Gasteiger partial charge in [0.2, 0.25) is 0 Å². The van der Waals surface area contributed by atoms with Crippen LogP contribution in [0.25, 0.3) is 0 Å². The van der Waals surface area contributed by atoms with Crippen molar-refractivity contribution in [3.63, 3.8) is 0 Å². The van der Waals surface area contributed by atoms with Crippen molar-refractivity contribution in [2.45, 2.75) is 19.9 Å². The molecule has 7 nitrogen and oxygen atoms in total. The molecule has 1 aromatic carbocycles. The fourth-order valence-corrected chi connectivity index (χ4v) is 3.54. The highest BCUT2D eigenvalue weighted by atomic mass is 32.1. The number of hydrogen-bond donors (Lipinski definition) is 3. The van der Waals surface area contributed by atoms with E-state index in [9.17, 15) is 14.7 Å². The van der Waals surface area contributed by atoms with E-state index in [-0.39, 0.29) is 11.4 Å². The highest BCUT2D eigenvalue weighted by Gasteiger charge is 2.21. The molecule has 1 aliphatic heterocycles. The van der Waals surface area contributed by atoms with E-state index in [1.807, 2.05) is 14.0 Å². The van der Waals surface area contributed by atoms with Gasteiger partial charge in [-0.3, -0.25) is 14.9 Å². The van der Waals surface area contributed by atoms with Gasteiger partial charge in [-0.05, 0) is 31.7 Å². The number of phenols is 1. The van der Waals surface area contributed by atoms with Crippen molar-refractivity contribution in [1.82, 2.24) is 9.88 Å². The molecule has 0 radical (unpaired) electrons. The van der Waals surface area contributed by atoms with Gasteiger partial charge in [0.25, 0.3) is 0 Å². The number of carbonyl (C=O) groups excluding carboxylic acids is 2. The quantitative estimate of drug-likeness (QED) is 0.569. The van der Waals surface area contributed by atoms with E-state index in [1.165, 1.54) is 17.4 Å². The number of amides is 2. The number of hydrogen-bond acceptors (Lipinski definition) is 6. The largest absolute Gasteiger partial charge is 0.506 e. The van der Waals surface area contributed by atoms with E-state index in [0.29, 0.717) is 5.13 Å². The molecule has 0 saturated carbocycles. The Labute approximate surface area is 143 Å². The first-order chi connectivity index (χ1) is 11.4. The summed E-state index contributed by atoms with van der Waals surface area (Å²) >= 11 is 1.38. The second kappa shape index (κ2) is 6.58. The van der Waals surface area contributed by atoms with Crippen molar-refractivity contribution in [2.24, 2.45) is 0 Å². The van der Waals surface area contributed by atoms with Crippen molar-refractivity contribution in [3.8, 4) is 5.75 Å². The number of aromatic nitrogens is 1. The number of thiazole rings is 1. The molecular weight excluding hydrogens is 328 g/mol. The number of nitrogens with zero attached hydrogens (tertiary/aromatic N) is 2. The first-order valence-corrected chi connectivity index (χ1v) is 8.33. The van der Waals surface area contributed by atoms with Gasteiger partial charge in [-0.25, -0.2) is 4.98 Å². The first-order valence-electron chi connectivity index (χ1n) is 7.51. The second-order valence-corrected chi connectivity index (χ2v) is 6.89. The molecule has 2 aromatic rings. The van der Waals surface area contributed by atoms with Crippen molar-refractivity contribution >= 4 is 34.0 Å². The summed E-state index contributed by atoms with van der Waals surface area (Å²) in [6.07, 6.45) is 0.835. The van der Waals surface area contributed by atoms with Crippen LogP contribution in [0.1, 0.15) is 16.1 Å². The molecule has 0 atom stereocenters. The predicted octanol–water partition coefficient (Wildman–Crippen LogP) is 1.72. The summed E-state index contributed by atoms with van der Waals surface area (Å²) in [6.45, 7) is 3.54. The maximum Gasteiger partial charge on any atom is 0.315 e. The molecule has 0 bridgehead atoms. The average molecular weight is 346 g/mol. The van der Waals surface area contributed by atoms with E-state index >= 15 is 0 Å². The molecule has 24 heavy (non-hydrogen) atoms. The number of phenolic OH excluding ortho intramolecular Hbond substituents is 1. The fourth-order valence-electron chi connectivity index (χ4n) is 2.46. The molecule has 8 heteroatoms. The summed E-state index contributed by atoms with van der Waals surface area (Å²) in [5.74, 6) is -1.74. The summed E-state index contributed by atoms with van der Waals surface area (Å²) in [5.41, 5.74) is 2.03. The third-order valence-corrected chi connectivity index (χ3v) is 4.75. The third kappa shape index (κ3) is 3.55. The van der Waals surface area contributed by atoms with Crippen molar-refractivity contribution < 1.29 is 14.7 Å². The minimum atomic E-state index is -0.848. The summed E-state index contributed by atoms with van der Waals surface area (Å²) in [4.78, 5) is 31.7. The van der Waals surface area contributed by atoms with Crippen LogP contribution in [0.4, 0.5) is 10.8 Å². The van der Waals surface area contributed by atoms with E-state index in [0.717, 1.165) is 35.6 Å². The average Bonchev–Trinajstić information content (AvgIpc) is 2.91. The highest BCUT2D eigenvalue weighted by molar-refractivity contribution is 7.16. The van der Waals surface area contributed by atoms with Gasteiger partial charge in [0, 0.05) is 24.4 Å². The Bertz CT molecular complexity index is 803. The summed E-state index contributed by atoms with van der Waals surface area (Å²) in [6, 6.07) is 4.80. The van der Waals surface area contributed by atoms with E-state index < -0.39 is 11.8 Å². The van der Waals surface area contributed by atoms with Gasteiger partial charge >= 0.3 is 11.8 Å². The Morgan fingerprint density at radius 3 is 2.79 bits per heavy atom. The molecule has 3 rings (SSSR count). The molecule has 126 valence electrons. The minimum absolute atomic E-state index is 0.0797. The summed E-state index contributed by atoms with van der Waals surface area (Å²) in [5, 5.41) is 15.1. The predicted molar refractivity (Wildman–Crippen MR) is 92.3 cm³/mol. The topological polar surface area (TPSA) is 94.6 Å². The number of aromatic hydroxyl groups is 1. The van der Waals surface area contributed by atoms with Crippen LogP contribution >= 0.6 is 11.3 Å². The van der Waals surface area contributed by atoms with Gasteiger partial charge in [-0.1, -0.05) is 6.07 Å². The summed E-state index contributed by atoms with van der Waals surface area (Å²) in [7, 11) is 2.03. The lowest BCUT2D eigenvalue weighted by molar-refractivity contribution is -0.133. The smallest absolute Gasteiger partial charge is 0.315 e. The zero-order valence-electron chi connectivity index (χ0n) is 13.4. The summed E-state index contributed by atoms with van der Waals surface area (Å²) < 4.78 is 0. The Balaban J connectivity index is 1.65. The lowest BCUT2D eigenvalue weighted by Crippen LogP contribution is -2.29. The molecule has 0 spiro atoms. The Hall–Kier alpha value is -2.45. The Morgan fingerprint density at radius 2 is 2.04 bits per heavy atom. The maximum atomic E-state index is 12.0. The van der Waals surface area contributed by atoms with Gasteiger partial charge < -0.3 is 15.3 Å². The second-order valence-electron chi connectivity index (χ2n) is 5.81. The van der Waals surface area contributed by atoms with Crippen LogP contribution in [0, 0.1) is 6.92 Å². The van der Waals surface area contributed by atoms with Crippen LogP contribution < -0.4 is 10.6 Å². The molecule has 2 heterocycles. The van der Waals surface area contributed by atoms with Gasteiger partial charge in [-0.2, -0.15) is 0 Å². The maximum absolute atomic E-state index is 12.0. The molecule has 3 N–H and O–H groups in total. The van der Waals surface area contributed by atoms with Crippen LogP contribution in [0.2, 0.25) is 0 Å². The van der Waals surface area contributed by atoms with Gasteiger partial charge in [-0.15, -0.1) is 11.3 Å². The first kappa shape index (κ1) is 16.4. The Kier molecular flexibility index (Phi) is 4.50. The zero-order valence-corrected chi connectivity index (χ0v) is 14.2. The lowest BCUT2D eigenvalue weighted by Gasteiger charge is -2.20. The molecule has 1 aromatic heterocycles. The van der Waals surface area contributed by atoms with Crippen LogP contribution in [0.5, 0.6) is 5.75 Å². The molecule has 2 amide bonds. The van der Waals surface area contributed by atoms with Crippen molar-refractivity contribution in [3.05, 3.63) is 34.3 Å². The monoisotopic (exact) mass is 346 g/mol. The number of aryl methyl sites for hydroxylation is 1. The number of benzene rings is 1. The molecule has 0 saturated heterocycles. The molecule has 1 aliphatic rings. The number of fused-ring (bicyclic) bond motifs is 1. The number of rotatable bonds is 2. The van der Waals surface area contributed by atoms with Crippen LogP contribution in [0.3, 0.4) is 0 Å². The van der Waals surface area contributed by atoms with Crippen LogP contribution in [-0.2, 0) is 22.6 Å². The lowest BCUT2D eigenvalue weighted by atomic mass is 10.2. The number of anilines is 2. The number of nitrogens with one attached hydrogen (secondary N) is 2. The zero-order chi connectivity index (χ0) is 17.3. The van der Waals surface area contributed by atoms with Gasteiger partial charge in [0.1, 0.15) is 5.75 Å². The van der Waals surface area contributed by atoms with E-state index in [1.54, 1.807) is 12.1 Å². The van der Waals surface area contributed by atoms with E-state index in [2.05, 4.69) is 20.5 Å². The molecule has 0 fully saturated rings.